The maximum absolute atomic E-state index is 13.9. The predicted octanol–water partition coefficient (Wildman–Crippen LogP) is 5.16. The van der Waals surface area contributed by atoms with Crippen molar-refractivity contribution in [2.75, 3.05) is 46.2 Å². The Morgan fingerprint density at radius 1 is 0.765 bits per heavy atom. The Kier molecular flexibility index (Phi) is 14.3. The van der Waals surface area contributed by atoms with Crippen LogP contribution >= 0.6 is 0 Å². The van der Waals surface area contributed by atoms with E-state index in [9.17, 15) is 19.2 Å². The lowest BCUT2D eigenvalue weighted by atomic mass is 9.88. The summed E-state index contributed by atoms with van der Waals surface area (Å²) < 4.78 is 15.8. The molecule has 2 aromatic rings. The van der Waals surface area contributed by atoms with Crippen molar-refractivity contribution >= 4 is 29.8 Å². The number of aliphatic carboxylic acids is 1. The molecule has 0 spiro atoms. The molecule has 272 valence electrons. The minimum atomic E-state index is -1.02. The number of nitrogens with zero attached hydrogens (tertiary/aromatic N) is 1. The van der Waals surface area contributed by atoms with Gasteiger partial charge in [0.05, 0.1) is 51.4 Å². The molecule has 1 aliphatic heterocycles. The zero-order valence-corrected chi connectivity index (χ0v) is 29.3. The van der Waals surface area contributed by atoms with Gasteiger partial charge in [0, 0.05) is 12.5 Å². The van der Waals surface area contributed by atoms with E-state index >= 15 is 0 Å². The second kappa shape index (κ2) is 19.3. The molecule has 7 atom stereocenters. The minimum Gasteiger partial charge on any atom is -0.480 e. The van der Waals surface area contributed by atoms with E-state index in [1.165, 1.54) is 4.90 Å². The molecule has 3 fully saturated rings. The summed E-state index contributed by atoms with van der Waals surface area (Å²) in [7, 11) is 0. The molecule has 1 heterocycles. The molecule has 51 heavy (non-hydrogen) atoms. The van der Waals surface area contributed by atoms with E-state index < -0.39 is 11.9 Å². The van der Waals surface area contributed by atoms with E-state index in [1.54, 1.807) is 0 Å². The summed E-state index contributed by atoms with van der Waals surface area (Å²) in [6.07, 6.45) is 14.9. The summed E-state index contributed by atoms with van der Waals surface area (Å²) in [5.41, 5.74) is 2.00. The number of rotatable bonds is 19. The molecule has 0 bridgehead atoms. The molecule has 5 rings (SSSR count). The summed E-state index contributed by atoms with van der Waals surface area (Å²) in [5, 5.41) is 11.6. The Morgan fingerprint density at radius 3 is 2.06 bits per heavy atom. The first-order valence-electron chi connectivity index (χ1n) is 18.0. The molecule has 2 aromatic carbocycles. The topological polar surface area (TPSA) is 131 Å². The number of benzene rings is 2. The molecule has 0 aromatic heterocycles. The molecule has 0 radical (unpaired) electrons. The van der Waals surface area contributed by atoms with E-state index in [0.717, 1.165) is 24.0 Å². The average molecular weight is 699 g/mol. The number of ether oxygens (including phenoxy) is 3. The van der Waals surface area contributed by atoms with Gasteiger partial charge in [-0.3, -0.25) is 19.3 Å². The second-order valence-corrected chi connectivity index (χ2v) is 13.5. The molecule has 3 aliphatic rings. The van der Waals surface area contributed by atoms with Gasteiger partial charge in [-0.1, -0.05) is 97.1 Å². The van der Waals surface area contributed by atoms with E-state index in [4.69, 9.17) is 19.3 Å². The number of hydrogen-bond donors (Lipinski definition) is 2. The Bertz CT molecular complexity index is 1540. The third-order valence-corrected chi connectivity index (χ3v) is 10.0. The fourth-order valence-electron chi connectivity index (χ4n) is 7.71. The van der Waals surface area contributed by atoms with Gasteiger partial charge in [0.15, 0.2) is 0 Å². The lowest BCUT2D eigenvalue weighted by Gasteiger charge is -2.19. The highest BCUT2D eigenvalue weighted by atomic mass is 16.5. The van der Waals surface area contributed by atoms with Crippen molar-refractivity contribution in [3.05, 3.63) is 102 Å². The highest BCUT2D eigenvalue weighted by Crippen LogP contribution is 2.50. The smallest absolute Gasteiger partial charge is 0.329 e. The monoisotopic (exact) mass is 698 g/mol. The number of amides is 3. The van der Waals surface area contributed by atoms with Gasteiger partial charge in [-0.25, -0.2) is 4.79 Å². The van der Waals surface area contributed by atoms with E-state index in [-0.39, 0.29) is 79.6 Å². The summed E-state index contributed by atoms with van der Waals surface area (Å²) in [6, 6.07) is 19.7. The largest absolute Gasteiger partial charge is 0.480 e. The first kappa shape index (κ1) is 37.9. The van der Waals surface area contributed by atoms with Crippen molar-refractivity contribution < 1.29 is 38.5 Å². The predicted molar refractivity (Wildman–Crippen MR) is 193 cm³/mol. The summed E-state index contributed by atoms with van der Waals surface area (Å²) >= 11 is 0. The zero-order chi connectivity index (χ0) is 36.0. The Hall–Kier alpha value is -4.38. The standard InChI is InChI=1S/C41H50N2O8/c1-2-9-32-24-31(25-35(32)39(46)42-18-19-49-20-21-50-22-23-51-28-36(44)45)15-17-34-26-33(16-14-29-10-5-3-6-11-29)37-38(34)41(48)43(40(37)47)27-30-12-7-4-8-13-30/h2-17,31-35,37-38H,18-28H2,1H3,(H,42,46)(H,44,45)/b9-2+,16-14+,17-15-. The number of fused-ring (bicyclic) bond motifs is 1. The number of allylic oxidation sites excluding steroid dienone is 5. The van der Waals surface area contributed by atoms with Crippen molar-refractivity contribution in [3.8, 4) is 0 Å². The van der Waals surface area contributed by atoms with Gasteiger partial charge in [-0.05, 0) is 61.0 Å². The quantitative estimate of drug-likeness (QED) is 0.117. The van der Waals surface area contributed by atoms with Gasteiger partial charge in [-0.2, -0.15) is 0 Å². The van der Waals surface area contributed by atoms with Crippen LogP contribution in [0.25, 0.3) is 6.08 Å². The van der Waals surface area contributed by atoms with Crippen LogP contribution in [0.1, 0.15) is 37.3 Å². The van der Waals surface area contributed by atoms with Crippen LogP contribution in [0, 0.1) is 41.4 Å². The molecular weight excluding hydrogens is 648 g/mol. The molecule has 2 saturated carbocycles. The van der Waals surface area contributed by atoms with Crippen LogP contribution in [0.2, 0.25) is 0 Å². The molecule has 10 nitrogen and oxygen atoms in total. The third kappa shape index (κ3) is 10.6. The van der Waals surface area contributed by atoms with E-state index in [1.807, 2.05) is 73.7 Å². The minimum absolute atomic E-state index is 0.00425. The maximum Gasteiger partial charge on any atom is 0.329 e. The van der Waals surface area contributed by atoms with Gasteiger partial charge in [-0.15, -0.1) is 0 Å². The number of nitrogens with one attached hydrogen (secondary N) is 1. The molecule has 2 aliphatic carbocycles. The summed E-state index contributed by atoms with van der Waals surface area (Å²) in [6.45, 7) is 3.84. The number of carbonyl (C=O) groups excluding carboxylic acids is 3. The normalized spacial score (nSPS) is 26.2. The lowest BCUT2D eigenvalue weighted by molar-refractivity contribution is -0.143. The first-order chi connectivity index (χ1) is 24.9. The Morgan fingerprint density at radius 2 is 1.39 bits per heavy atom. The SMILES string of the molecule is C/C=C/C1CC(/C=C\C2CC(/C=C/c3ccccc3)C3C(=O)N(Cc4ccccc4)C(=O)C23)CC1C(=O)NCCOCCOCCOCC(=O)O. The highest BCUT2D eigenvalue weighted by molar-refractivity contribution is 6.06. The van der Waals surface area contributed by atoms with E-state index in [0.29, 0.717) is 32.8 Å². The second-order valence-electron chi connectivity index (χ2n) is 13.5. The van der Waals surface area contributed by atoms with Crippen LogP contribution in [-0.2, 0) is 39.9 Å². The van der Waals surface area contributed by atoms with Crippen molar-refractivity contribution in [2.45, 2.75) is 32.7 Å². The van der Waals surface area contributed by atoms with Gasteiger partial charge in [0.1, 0.15) is 6.61 Å². The van der Waals surface area contributed by atoms with Crippen molar-refractivity contribution in [1.82, 2.24) is 10.2 Å². The number of likely N-dealkylation sites (tertiary alicyclic amines) is 1. The number of hydrogen-bond acceptors (Lipinski definition) is 7. The van der Waals surface area contributed by atoms with Crippen LogP contribution < -0.4 is 5.32 Å². The number of carbonyl (C=O) groups is 4. The molecule has 7 unspecified atom stereocenters. The Labute approximate surface area is 300 Å². The lowest BCUT2D eigenvalue weighted by Crippen LogP contribution is -2.34. The van der Waals surface area contributed by atoms with Crippen molar-refractivity contribution in [2.24, 2.45) is 41.4 Å². The molecule has 10 heteroatoms. The molecule has 1 saturated heterocycles. The van der Waals surface area contributed by atoms with Gasteiger partial charge in [0.2, 0.25) is 17.7 Å². The highest BCUT2D eigenvalue weighted by Gasteiger charge is 2.57. The fourth-order valence-corrected chi connectivity index (χ4v) is 7.71. The molecule has 2 N–H and O–H groups in total. The fraction of sp³-hybridized carbons (Fsp3) is 0.463. The van der Waals surface area contributed by atoms with Crippen LogP contribution in [0.3, 0.4) is 0 Å². The van der Waals surface area contributed by atoms with Gasteiger partial charge < -0.3 is 24.6 Å². The van der Waals surface area contributed by atoms with Crippen LogP contribution in [0.5, 0.6) is 0 Å². The van der Waals surface area contributed by atoms with E-state index in [2.05, 4.69) is 35.7 Å². The van der Waals surface area contributed by atoms with Crippen LogP contribution in [-0.4, -0.2) is 79.9 Å². The van der Waals surface area contributed by atoms with Crippen LogP contribution in [0.15, 0.2) is 91.0 Å². The molecular formula is C41H50N2O8. The number of carboxylic acids is 1. The average Bonchev–Trinajstić information content (AvgIpc) is 3.79. The summed E-state index contributed by atoms with van der Waals surface area (Å²) in [5.74, 6) is -1.97. The van der Waals surface area contributed by atoms with Crippen molar-refractivity contribution in [3.63, 3.8) is 0 Å². The number of imide groups is 1. The Balaban J connectivity index is 1.16. The van der Waals surface area contributed by atoms with Crippen molar-refractivity contribution in [1.29, 1.82) is 0 Å². The molecule has 3 amide bonds. The third-order valence-electron chi connectivity index (χ3n) is 10.0. The van der Waals surface area contributed by atoms with Crippen LogP contribution in [0.4, 0.5) is 0 Å². The van der Waals surface area contributed by atoms with Gasteiger partial charge >= 0.3 is 5.97 Å². The maximum atomic E-state index is 13.9. The zero-order valence-electron chi connectivity index (χ0n) is 29.3. The number of carboxylic acid groups (broad SMARTS) is 1. The first-order valence-corrected chi connectivity index (χ1v) is 18.0. The summed E-state index contributed by atoms with van der Waals surface area (Å²) in [4.78, 5) is 52.9. The van der Waals surface area contributed by atoms with Gasteiger partial charge in [0.25, 0.3) is 0 Å².